The van der Waals surface area contributed by atoms with E-state index in [2.05, 4.69) is 13.8 Å². The molecule has 0 aliphatic heterocycles. The van der Waals surface area contributed by atoms with Gasteiger partial charge in [0.25, 0.3) is 0 Å². The van der Waals surface area contributed by atoms with Crippen LogP contribution in [-0.4, -0.2) is 18.4 Å². The Balaban J connectivity index is 1.98. The highest BCUT2D eigenvalue weighted by Gasteiger charge is 2.13. The number of benzene rings is 2. The van der Waals surface area contributed by atoms with Gasteiger partial charge in [0.15, 0.2) is 12.4 Å². The molecule has 0 aliphatic rings. The number of carbonyl (C=O) groups excluding carboxylic acids is 2. The molecule has 0 bridgehead atoms. The Kier molecular flexibility index (Phi) is 5.91. The zero-order valence-corrected chi connectivity index (χ0v) is 14.8. The minimum absolute atomic E-state index is 0.189. The van der Waals surface area contributed by atoms with Crippen molar-refractivity contribution in [2.45, 2.75) is 40.0 Å². The van der Waals surface area contributed by atoms with Crippen LogP contribution < -0.4 is 0 Å². The lowest BCUT2D eigenvalue weighted by molar-refractivity contribution is 0.0474. The number of hydrogen-bond donors (Lipinski definition) is 0. The van der Waals surface area contributed by atoms with Crippen molar-refractivity contribution >= 4 is 11.8 Å². The first-order chi connectivity index (χ1) is 11.4. The molecule has 3 heteroatoms. The number of hydrogen-bond acceptors (Lipinski definition) is 3. The Morgan fingerprint density at radius 2 is 1.54 bits per heavy atom. The van der Waals surface area contributed by atoms with Gasteiger partial charge in [-0.25, -0.2) is 4.79 Å². The first-order valence-corrected chi connectivity index (χ1v) is 8.29. The quantitative estimate of drug-likeness (QED) is 0.563. The maximum Gasteiger partial charge on any atom is 0.338 e. The van der Waals surface area contributed by atoms with Crippen LogP contribution in [0.3, 0.4) is 0 Å². The maximum absolute atomic E-state index is 12.2. The summed E-state index contributed by atoms with van der Waals surface area (Å²) in [4.78, 5) is 24.3. The second-order valence-corrected chi connectivity index (χ2v) is 6.31. The summed E-state index contributed by atoms with van der Waals surface area (Å²) in [5, 5.41) is 0. The van der Waals surface area contributed by atoms with E-state index in [0.29, 0.717) is 17.0 Å². The van der Waals surface area contributed by atoms with Gasteiger partial charge in [0, 0.05) is 5.56 Å². The van der Waals surface area contributed by atoms with Crippen LogP contribution in [0.15, 0.2) is 42.5 Å². The summed E-state index contributed by atoms with van der Waals surface area (Å²) in [6.45, 7) is 7.92. The maximum atomic E-state index is 12.2. The van der Waals surface area contributed by atoms with Gasteiger partial charge in [0.1, 0.15) is 0 Å². The first-order valence-electron chi connectivity index (χ1n) is 8.29. The number of ketones is 1. The SMILES string of the molecule is CCC(C)c1ccc(C(=O)OCC(=O)c2cc(C)cc(C)c2)cc1. The van der Waals surface area contributed by atoms with E-state index in [0.717, 1.165) is 17.5 Å². The molecule has 3 nitrogen and oxygen atoms in total. The number of rotatable bonds is 6. The van der Waals surface area contributed by atoms with Gasteiger partial charge in [-0.15, -0.1) is 0 Å². The Morgan fingerprint density at radius 1 is 0.958 bits per heavy atom. The molecule has 1 unspecified atom stereocenters. The van der Waals surface area contributed by atoms with Crippen LogP contribution in [0.1, 0.15) is 63.6 Å². The van der Waals surface area contributed by atoms with E-state index in [1.54, 1.807) is 12.1 Å². The molecule has 0 aliphatic carbocycles. The van der Waals surface area contributed by atoms with Crippen LogP contribution in [0.5, 0.6) is 0 Å². The van der Waals surface area contributed by atoms with Crippen molar-refractivity contribution < 1.29 is 14.3 Å². The van der Waals surface area contributed by atoms with Crippen LogP contribution in [0, 0.1) is 13.8 Å². The van der Waals surface area contributed by atoms with Crippen molar-refractivity contribution in [3.63, 3.8) is 0 Å². The highest BCUT2D eigenvalue weighted by atomic mass is 16.5. The normalized spacial score (nSPS) is 11.8. The summed E-state index contributed by atoms with van der Waals surface area (Å²) in [7, 11) is 0. The summed E-state index contributed by atoms with van der Waals surface area (Å²) in [5.41, 5.74) is 4.28. The number of carbonyl (C=O) groups is 2. The van der Waals surface area contributed by atoms with Crippen LogP contribution in [-0.2, 0) is 4.74 Å². The average molecular weight is 324 g/mol. The number of Topliss-reactive ketones (excluding diaryl/α,β-unsaturated/α-hetero) is 1. The van der Waals surface area contributed by atoms with Crippen molar-refractivity contribution in [1.29, 1.82) is 0 Å². The lowest BCUT2D eigenvalue weighted by atomic mass is 9.98. The minimum Gasteiger partial charge on any atom is -0.454 e. The van der Waals surface area contributed by atoms with E-state index in [-0.39, 0.29) is 12.4 Å². The Hall–Kier alpha value is -2.42. The molecular weight excluding hydrogens is 300 g/mol. The molecule has 0 spiro atoms. The zero-order valence-electron chi connectivity index (χ0n) is 14.8. The van der Waals surface area contributed by atoms with Crippen molar-refractivity contribution in [3.05, 3.63) is 70.3 Å². The molecule has 1 atom stereocenters. The van der Waals surface area contributed by atoms with E-state index >= 15 is 0 Å². The summed E-state index contributed by atoms with van der Waals surface area (Å²) in [5.74, 6) is -0.198. The van der Waals surface area contributed by atoms with Gasteiger partial charge in [-0.05, 0) is 56.0 Å². The molecule has 0 N–H and O–H groups in total. The number of esters is 1. The molecular formula is C21H24O3. The van der Waals surface area contributed by atoms with Gasteiger partial charge in [-0.2, -0.15) is 0 Å². The van der Waals surface area contributed by atoms with E-state index in [9.17, 15) is 9.59 Å². The van der Waals surface area contributed by atoms with Crippen LogP contribution >= 0.6 is 0 Å². The monoisotopic (exact) mass is 324 g/mol. The van der Waals surface area contributed by atoms with Gasteiger partial charge >= 0.3 is 5.97 Å². The summed E-state index contributed by atoms with van der Waals surface area (Å²) >= 11 is 0. The van der Waals surface area contributed by atoms with Crippen molar-refractivity contribution in [2.75, 3.05) is 6.61 Å². The van der Waals surface area contributed by atoms with Gasteiger partial charge in [0.05, 0.1) is 5.56 Å². The second kappa shape index (κ2) is 7.91. The highest BCUT2D eigenvalue weighted by molar-refractivity contribution is 5.99. The van der Waals surface area contributed by atoms with E-state index in [1.807, 2.05) is 44.2 Å². The number of aryl methyl sites for hydroxylation is 2. The molecule has 0 amide bonds. The second-order valence-electron chi connectivity index (χ2n) is 6.31. The fourth-order valence-electron chi connectivity index (χ4n) is 2.62. The fourth-order valence-corrected chi connectivity index (χ4v) is 2.62. The zero-order chi connectivity index (χ0) is 17.7. The van der Waals surface area contributed by atoms with Crippen molar-refractivity contribution in [1.82, 2.24) is 0 Å². The van der Waals surface area contributed by atoms with Gasteiger partial charge in [-0.3, -0.25) is 4.79 Å². The van der Waals surface area contributed by atoms with Crippen LogP contribution in [0.25, 0.3) is 0 Å². The molecule has 0 radical (unpaired) electrons. The minimum atomic E-state index is -0.469. The Morgan fingerprint density at radius 3 is 2.08 bits per heavy atom. The smallest absolute Gasteiger partial charge is 0.338 e. The highest BCUT2D eigenvalue weighted by Crippen LogP contribution is 2.19. The molecule has 126 valence electrons. The molecule has 0 saturated carbocycles. The first kappa shape index (κ1) is 17.9. The van der Waals surface area contributed by atoms with Gasteiger partial charge in [-0.1, -0.05) is 43.2 Å². The molecule has 0 fully saturated rings. The standard InChI is InChI=1S/C21H24O3/c1-5-16(4)17-6-8-18(9-7-17)21(23)24-13-20(22)19-11-14(2)10-15(3)12-19/h6-12,16H,5,13H2,1-4H3. The molecule has 0 saturated heterocycles. The molecule has 2 aromatic rings. The fraction of sp³-hybridized carbons (Fsp3) is 0.333. The predicted octanol–water partition coefficient (Wildman–Crippen LogP) is 4.86. The lowest BCUT2D eigenvalue weighted by Crippen LogP contribution is -2.14. The van der Waals surface area contributed by atoms with Crippen molar-refractivity contribution in [2.24, 2.45) is 0 Å². The van der Waals surface area contributed by atoms with Crippen LogP contribution in [0.4, 0.5) is 0 Å². The molecule has 0 aromatic heterocycles. The van der Waals surface area contributed by atoms with Gasteiger partial charge < -0.3 is 4.74 Å². The van der Waals surface area contributed by atoms with E-state index in [1.165, 1.54) is 5.56 Å². The lowest BCUT2D eigenvalue weighted by Gasteiger charge is -2.10. The van der Waals surface area contributed by atoms with Crippen molar-refractivity contribution in [3.8, 4) is 0 Å². The third kappa shape index (κ3) is 4.54. The van der Waals surface area contributed by atoms with E-state index in [4.69, 9.17) is 4.74 Å². The van der Waals surface area contributed by atoms with E-state index < -0.39 is 5.97 Å². The topological polar surface area (TPSA) is 43.4 Å². The Labute approximate surface area is 143 Å². The molecule has 24 heavy (non-hydrogen) atoms. The number of ether oxygens (including phenoxy) is 1. The van der Waals surface area contributed by atoms with Gasteiger partial charge in [0.2, 0.25) is 0 Å². The molecule has 2 rings (SSSR count). The Bertz CT molecular complexity index is 709. The third-order valence-electron chi connectivity index (χ3n) is 4.21. The largest absolute Gasteiger partial charge is 0.454 e. The molecule has 0 heterocycles. The summed E-state index contributed by atoms with van der Waals surface area (Å²) in [6.07, 6.45) is 1.05. The summed E-state index contributed by atoms with van der Waals surface area (Å²) in [6, 6.07) is 13.0. The van der Waals surface area contributed by atoms with Crippen LogP contribution in [0.2, 0.25) is 0 Å². The average Bonchev–Trinajstić information content (AvgIpc) is 2.57. The predicted molar refractivity (Wildman–Crippen MR) is 95.7 cm³/mol. The summed E-state index contributed by atoms with van der Waals surface area (Å²) < 4.78 is 5.16. The molecule has 2 aromatic carbocycles. The third-order valence-corrected chi connectivity index (χ3v) is 4.21.